The number of nitrogens with zero attached hydrogens (tertiary/aromatic N) is 1. The quantitative estimate of drug-likeness (QED) is 0.798. The lowest BCUT2D eigenvalue weighted by molar-refractivity contribution is -0.121. The minimum absolute atomic E-state index is 0.0641. The van der Waals surface area contributed by atoms with Crippen molar-refractivity contribution in [2.45, 2.75) is 51.7 Å². The zero-order valence-electron chi connectivity index (χ0n) is 14.3. The first-order chi connectivity index (χ1) is 12.1. The van der Waals surface area contributed by atoms with Gasteiger partial charge in [-0.05, 0) is 43.0 Å². The van der Waals surface area contributed by atoms with Crippen LogP contribution in [0.2, 0.25) is 5.02 Å². The number of aromatic nitrogens is 1. The molecular formula is C19H23ClN2O2S. The second-order valence-corrected chi connectivity index (χ2v) is 7.97. The molecule has 0 bridgehead atoms. The van der Waals surface area contributed by atoms with Crippen LogP contribution in [0, 0.1) is 5.92 Å². The molecule has 1 amide bonds. The molecule has 1 heterocycles. The normalized spacial score (nSPS) is 20.2. The second-order valence-electron chi connectivity index (χ2n) is 6.59. The van der Waals surface area contributed by atoms with Crippen LogP contribution in [0.4, 0.5) is 0 Å². The molecule has 0 radical (unpaired) electrons. The van der Waals surface area contributed by atoms with Crippen molar-refractivity contribution in [1.29, 1.82) is 0 Å². The molecule has 1 N–H and O–H groups in total. The molecule has 1 aromatic heterocycles. The number of benzene rings is 1. The topological polar surface area (TPSA) is 51.2 Å². The van der Waals surface area contributed by atoms with Crippen LogP contribution in [0.1, 0.15) is 43.3 Å². The van der Waals surface area contributed by atoms with E-state index in [1.165, 1.54) is 30.6 Å². The summed E-state index contributed by atoms with van der Waals surface area (Å²) in [7, 11) is 0. The lowest BCUT2D eigenvalue weighted by Crippen LogP contribution is -2.41. The third-order valence-electron chi connectivity index (χ3n) is 4.57. The molecule has 134 valence electrons. The lowest BCUT2D eigenvalue weighted by Gasteiger charge is -2.29. The Morgan fingerprint density at radius 1 is 1.32 bits per heavy atom. The van der Waals surface area contributed by atoms with Crippen molar-refractivity contribution in [3.63, 3.8) is 0 Å². The van der Waals surface area contributed by atoms with Crippen LogP contribution in [0.3, 0.4) is 0 Å². The fourth-order valence-corrected chi connectivity index (χ4v) is 3.96. The fraction of sp³-hybridized carbons (Fsp3) is 0.474. The minimum atomic E-state index is 0.0641. The summed E-state index contributed by atoms with van der Waals surface area (Å²) in [6, 6.07) is 7.56. The van der Waals surface area contributed by atoms with Gasteiger partial charge in [-0.3, -0.25) is 4.79 Å². The molecular weight excluding hydrogens is 356 g/mol. The molecule has 1 aliphatic rings. The molecule has 0 spiro atoms. The Kier molecular flexibility index (Phi) is 6.32. The van der Waals surface area contributed by atoms with Crippen LogP contribution >= 0.6 is 22.9 Å². The molecule has 2 aromatic rings. The van der Waals surface area contributed by atoms with Gasteiger partial charge in [0, 0.05) is 16.4 Å². The largest absolute Gasteiger partial charge is 0.486 e. The highest BCUT2D eigenvalue weighted by atomic mass is 35.5. The van der Waals surface area contributed by atoms with Gasteiger partial charge in [-0.15, -0.1) is 11.3 Å². The maximum atomic E-state index is 12.3. The minimum Gasteiger partial charge on any atom is -0.486 e. The molecule has 1 saturated carbocycles. The van der Waals surface area contributed by atoms with E-state index >= 15 is 0 Å². The van der Waals surface area contributed by atoms with Gasteiger partial charge in [-0.1, -0.05) is 31.4 Å². The zero-order chi connectivity index (χ0) is 17.6. The molecule has 3 rings (SSSR count). The number of halogens is 1. The highest BCUT2D eigenvalue weighted by Gasteiger charge is 2.23. The molecule has 1 aromatic carbocycles. The molecule has 6 heteroatoms. The van der Waals surface area contributed by atoms with Crippen molar-refractivity contribution in [1.82, 2.24) is 10.3 Å². The Labute approximate surface area is 157 Å². The Morgan fingerprint density at radius 3 is 2.84 bits per heavy atom. The Morgan fingerprint density at radius 2 is 2.08 bits per heavy atom. The predicted octanol–water partition coefficient (Wildman–Crippen LogP) is 4.61. The van der Waals surface area contributed by atoms with Crippen LogP contribution in [-0.4, -0.2) is 16.9 Å². The number of nitrogens with one attached hydrogen (secondary N) is 1. The van der Waals surface area contributed by atoms with E-state index < -0.39 is 0 Å². The average Bonchev–Trinajstić information content (AvgIpc) is 3.04. The first kappa shape index (κ1) is 18.2. The molecule has 25 heavy (non-hydrogen) atoms. The molecule has 0 aliphatic heterocycles. The van der Waals surface area contributed by atoms with E-state index in [-0.39, 0.29) is 5.91 Å². The zero-order valence-corrected chi connectivity index (χ0v) is 15.9. The highest BCUT2D eigenvalue weighted by Crippen LogP contribution is 2.24. The van der Waals surface area contributed by atoms with Gasteiger partial charge in [0.2, 0.25) is 5.91 Å². The number of hydrogen-bond donors (Lipinski definition) is 1. The van der Waals surface area contributed by atoms with E-state index in [2.05, 4.69) is 17.2 Å². The summed E-state index contributed by atoms with van der Waals surface area (Å²) in [4.78, 5) is 16.8. The van der Waals surface area contributed by atoms with E-state index in [0.29, 0.717) is 30.0 Å². The van der Waals surface area contributed by atoms with Gasteiger partial charge in [0.05, 0.1) is 12.1 Å². The van der Waals surface area contributed by atoms with E-state index in [4.69, 9.17) is 16.3 Å². The Bertz CT molecular complexity index is 702. The van der Waals surface area contributed by atoms with Crippen molar-refractivity contribution < 1.29 is 9.53 Å². The van der Waals surface area contributed by atoms with Crippen LogP contribution in [0.15, 0.2) is 29.6 Å². The van der Waals surface area contributed by atoms with Crippen molar-refractivity contribution in [3.05, 3.63) is 45.4 Å². The Hall–Kier alpha value is -1.59. The molecule has 2 unspecified atom stereocenters. The van der Waals surface area contributed by atoms with Crippen molar-refractivity contribution >= 4 is 28.8 Å². The third-order valence-corrected chi connectivity index (χ3v) is 5.70. The monoisotopic (exact) mass is 378 g/mol. The maximum Gasteiger partial charge on any atom is 0.226 e. The van der Waals surface area contributed by atoms with E-state index in [0.717, 1.165) is 22.9 Å². The summed E-state index contributed by atoms with van der Waals surface area (Å²) in [5.74, 6) is 1.39. The van der Waals surface area contributed by atoms with Gasteiger partial charge >= 0.3 is 0 Å². The molecule has 2 atom stereocenters. The number of hydrogen-bond acceptors (Lipinski definition) is 4. The van der Waals surface area contributed by atoms with E-state index in [9.17, 15) is 4.79 Å². The maximum absolute atomic E-state index is 12.3. The molecule has 4 nitrogen and oxygen atoms in total. The molecule has 1 fully saturated rings. The summed E-state index contributed by atoms with van der Waals surface area (Å²) in [6.07, 6.45) is 5.10. The predicted molar refractivity (Wildman–Crippen MR) is 101 cm³/mol. The van der Waals surface area contributed by atoms with Gasteiger partial charge < -0.3 is 10.1 Å². The van der Waals surface area contributed by atoms with Gasteiger partial charge in [0.25, 0.3) is 0 Å². The van der Waals surface area contributed by atoms with Crippen molar-refractivity contribution in [2.75, 3.05) is 0 Å². The summed E-state index contributed by atoms with van der Waals surface area (Å²) < 4.78 is 5.69. The van der Waals surface area contributed by atoms with Crippen molar-refractivity contribution in [2.24, 2.45) is 5.92 Å². The Balaban J connectivity index is 1.47. The number of thiazole rings is 1. The van der Waals surface area contributed by atoms with Crippen LogP contribution in [0.25, 0.3) is 0 Å². The number of ether oxygens (including phenoxy) is 1. The first-order valence-corrected chi connectivity index (χ1v) is 9.97. The summed E-state index contributed by atoms with van der Waals surface area (Å²) in [5.41, 5.74) is 0.806. The SMILES string of the molecule is CC1CCCCC1NC(=O)Cc1csc(COc2ccc(Cl)cc2)n1. The second kappa shape index (κ2) is 8.68. The number of amides is 1. The third kappa shape index (κ3) is 5.44. The number of carbonyl (C=O) groups is 1. The first-order valence-electron chi connectivity index (χ1n) is 8.71. The van der Waals surface area contributed by atoms with Gasteiger partial charge in [0.15, 0.2) is 0 Å². The van der Waals surface area contributed by atoms with Crippen molar-refractivity contribution in [3.8, 4) is 5.75 Å². The summed E-state index contributed by atoms with van der Waals surface area (Å²) in [6.45, 7) is 2.62. The highest BCUT2D eigenvalue weighted by molar-refractivity contribution is 7.09. The number of carbonyl (C=O) groups excluding carboxylic acids is 1. The van der Waals surface area contributed by atoms with Gasteiger partial charge in [0.1, 0.15) is 17.4 Å². The lowest BCUT2D eigenvalue weighted by atomic mass is 9.86. The van der Waals surface area contributed by atoms with E-state index in [1.54, 1.807) is 12.1 Å². The summed E-state index contributed by atoms with van der Waals surface area (Å²) in [5, 5.41) is 6.65. The summed E-state index contributed by atoms with van der Waals surface area (Å²) >= 11 is 7.37. The van der Waals surface area contributed by atoms with E-state index in [1.807, 2.05) is 17.5 Å². The number of rotatable bonds is 6. The van der Waals surface area contributed by atoms with Crippen LogP contribution < -0.4 is 10.1 Å². The van der Waals surface area contributed by atoms with Crippen LogP contribution in [0.5, 0.6) is 5.75 Å². The standard InChI is InChI=1S/C19H23ClN2O2S/c1-13-4-2-3-5-17(13)22-18(23)10-15-12-25-19(21-15)11-24-16-8-6-14(20)7-9-16/h6-9,12-13,17H,2-5,10-11H2,1H3,(H,22,23). The molecule has 0 saturated heterocycles. The fourth-order valence-electron chi connectivity index (χ4n) is 3.13. The molecule has 1 aliphatic carbocycles. The average molecular weight is 379 g/mol. The smallest absolute Gasteiger partial charge is 0.226 e. The van der Waals surface area contributed by atoms with Crippen LogP contribution in [-0.2, 0) is 17.8 Å². The van der Waals surface area contributed by atoms with Gasteiger partial charge in [-0.2, -0.15) is 0 Å². The van der Waals surface area contributed by atoms with Gasteiger partial charge in [-0.25, -0.2) is 4.98 Å².